The van der Waals surface area contributed by atoms with E-state index in [0.29, 0.717) is 23.6 Å². The van der Waals surface area contributed by atoms with Gasteiger partial charge in [-0.3, -0.25) is 4.79 Å². The molecular weight excluding hydrogens is 400 g/mol. The molecule has 0 fully saturated rings. The molecule has 0 atom stereocenters. The number of rotatable bonds is 10. The second kappa shape index (κ2) is 10.5. The molecule has 0 bridgehead atoms. The van der Waals surface area contributed by atoms with E-state index >= 15 is 0 Å². The van der Waals surface area contributed by atoms with Gasteiger partial charge in [-0.1, -0.05) is 18.9 Å². The molecule has 0 radical (unpaired) electrons. The van der Waals surface area contributed by atoms with Gasteiger partial charge in [0, 0.05) is 23.2 Å². The zero-order valence-corrected chi connectivity index (χ0v) is 17.8. The molecule has 3 rings (SSSR count). The fourth-order valence-electron chi connectivity index (χ4n) is 2.86. The maximum atomic E-state index is 12.3. The number of anilines is 2. The number of carbonyl (C=O) groups excluding carboxylic acids is 1. The summed E-state index contributed by atoms with van der Waals surface area (Å²) in [7, 11) is 0. The summed E-state index contributed by atoms with van der Waals surface area (Å²) in [5, 5.41) is 24.6. The fourth-order valence-corrected chi connectivity index (χ4v) is 3.61. The SMILES string of the molecule is CCN(CC)CCCNC(=O)c1ccc(Nc2nnc(-c3cc(C#N)cs3)o2)cc1. The molecule has 0 spiro atoms. The van der Waals surface area contributed by atoms with Gasteiger partial charge in [0.2, 0.25) is 0 Å². The average molecular weight is 425 g/mol. The Balaban J connectivity index is 1.51. The van der Waals surface area contributed by atoms with Crippen LogP contribution in [0.3, 0.4) is 0 Å². The lowest BCUT2D eigenvalue weighted by Gasteiger charge is -2.17. The van der Waals surface area contributed by atoms with Gasteiger partial charge in [0.05, 0.1) is 10.4 Å². The van der Waals surface area contributed by atoms with Crippen LogP contribution in [0.1, 0.15) is 36.2 Å². The first kappa shape index (κ1) is 21.5. The van der Waals surface area contributed by atoms with Gasteiger partial charge in [-0.15, -0.1) is 16.4 Å². The summed E-state index contributed by atoms with van der Waals surface area (Å²) < 4.78 is 5.60. The van der Waals surface area contributed by atoms with Crippen molar-refractivity contribution in [3.05, 3.63) is 46.8 Å². The first-order valence-corrected chi connectivity index (χ1v) is 10.7. The minimum atomic E-state index is -0.0906. The number of carbonyl (C=O) groups is 1. The lowest BCUT2D eigenvalue weighted by molar-refractivity contribution is 0.0952. The molecule has 9 heteroatoms. The highest BCUT2D eigenvalue weighted by atomic mass is 32.1. The van der Waals surface area contributed by atoms with Crippen molar-refractivity contribution >= 4 is 28.9 Å². The van der Waals surface area contributed by atoms with E-state index in [4.69, 9.17) is 9.68 Å². The van der Waals surface area contributed by atoms with Crippen molar-refractivity contribution in [3.63, 3.8) is 0 Å². The summed E-state index contributed by atoms with van der Waals surface area (Å²) in [5.41, 5.74) is 1.88. The molecule has 30 heavy (non-hydrogen) atoms. The van der Waals surface area contributed by atoms with Crippen LogP contribution >= 0.6 is 11.3 Å². The van der Waals surface area contributed by atoms with Crippen LogP contribution in [0.2, 0.25) is 0 Å². The molecule has 0 saturated carbocycles. The summed E-state index contributed by atoms with van der Waals surface area (Å²) in [6.45, 7) is 7.95. The van der Waals surface area contributed by atoms with Gasteiger partial charge in [-0.05, 0) is 56.4 Å². The molecule has 0 saturated heterocycles. The summed E-state index contributed by atoms with van der Waals surface area (Å²) in [5.74, 6) is 0.261. The molecule has 0 aliphatic carbocycles. The first-order valence-electron chi connectivity index (χ1n) is 9.83. The highest BCUT2D eigenvalue weighted by Crippen LogP contribution is 2.27. The predicted molar refractivity (Wildman–Crippen MR) is 117 cm³/mol. The Labute approximate surface area is 179 Å². The average Bonchev–Trinajstić information content (AvgIpc) is 3.43. The molecule has 2 aromatic heterocycles. The normalized spacial score (nSPS) is 10.7. The van der Waals surface area contributed by atoms with Gasteiger partial charge in [-0.25, -0.2) is 0 Å². The van der Waals surface area contributed by atoms with Crippen molar-refractivity contribution in [1.29, 1.82) is 5.26 Å². The van der Waals surface area contributed by atoms with E-state index in [1.54, 1.807) is 35.7 Å². The van der Waals surface area contributed by atoms with E-state index in [1.165, 1.54) is 11.3 Å². The Kier molecular flexibility index (Phi) is 7.54. The molecule has 0 unspecified atom stereocenters. The summed E-state index contributed by atoms with van der Waals surface area (Å²) in [6.07, 6.45) is 0.923. The lowest BCUT2D eigenvalue weighted by Crippen LogP contribution is -2.29. The minimum absolute atomic E-state index is 0.0906. The second-order valence-corrected chi connectivity index (χ2v) is 7.47. The molecular formula is C21H24N6O2S. The van der Waals surface area contributed by atoms with Crippen LogP contribution < -0.4 is 10.6 Å². The van der Waals surface area contributed by atoms with Crippen LogP contribution in [0.15, 0.2) is 40.1 Å². The third kappa shape index (κ3) is 5.65. The second-order valence-electron chi connectivity index (χ2n) is 6.56. The van der Waals surface area contributed by atoms with Crippen molar-refractivity contribution in [3.8, 4) is 16.8 Å². The van der Waals surface area contributed by atoms with E-state index in [9.17, 15) is 4.79 Å². The van der Waals surface area contributed by atoms with Crippen LogP contribution in [-0.4, -0.2) is 47.2 Å². The zero-order valence-electron chi connectivity index (χ0n) is 17.0. The Morgan fingerprint density at radius 3 is 2.67 bits per heavy atom. The molecule has 1 aromatic carbocycles. The van der Waals surface area contributed by atoms with Crippen molar-refractivity contribution in [2.75, 3.05) is 31.5 Å². The summed E-state index contributed by atoms with van der Waals surface area (Å²) in [4.78, 5) is 15.3. The predicted octanol–water partition coefficient (Wildman–Crippen LogP) is 3.88. The maximum absolute atomic E-state index is 12.3. The molecule has 3 aromatic rings. The Morgan fingerprint density at radius 2 is 2.00 bits per heavy atom. The number of hydrogen-bond acceptors (Lipinski definition) is 8. The molecule has 1 amide bonds. The number of amides is 1. The van der Waals surface area contributed by atoms with Gasteiger partial charge in [0.15, 0.2) is 0 Å². The number of hydrogen-bond donors (Lipinski definition) is 2. The summed E-state index contributed by atoms with van der Waals surface area (Å²) in [6, 6.07) is 11.1. The topological polar surface area (TPSA) is 107 Å². The Morgan fingerprint density at radius 1 is 1.23 bits per heavy atom. The highest BCUT2D eigenvalue weighted by Gasteiger charge is 2.12. The first-order chi connectivity index (χ1) is 14.6. The van der Waals surface area contributed by atoms with Crippen molar-refractivity contribution in [2.45, 2.75) is 20.3 Å². The van der Waals surface area contributed by atoms with E-state index in [-0.39, 0.29) is 11.9 Å². The minimum Gasteiger partial charge on any atom is -0.402 e. The molecule has 2 heterocycles. The number of thiophene rings is 1. The third-order valence-corrected chi connectivity index (χ3v) is 5.51. The Hall–Kier alpha value is -3.22. The summed E-state index contributed by atoms with van der Waals surface area (Å²) >= 11 is 1.37. The quantitative estimate of drug-likeness (QED) is 0.476. The highest BCUT2D eigenvalue weighted by molar-refractivity contribution is 7.13. The molecule has 0 aliphatic rings. The van der Waals surface area contributed by atoms with Gasteiger partial charge in [-0.2, -0.15) is 5.26 Å². The lowest BCUT2D eigenvalue weighted by atomic mass is 10.2. The molecule has 2 N–H and O–H groups in total. The van der Waals surface area contributed by atoms with Gasteiger partial charge < -0.3 is 20.0 Å². The third-order valence-electron chi connectivity index (χ3n) is 4.59. The number of nitrogens with zero attached hydrogens (tertiary/aromatic N) is 4. The maximum Gasteiger partial charge on any atom is 0.320 e. The molecule has 0 aliphatic heterocycles. The number of nitriles is 1. The van der Waals surface area contributed by atoms with Gasteiger partial charge in [0.25, 0.3) is 11.8 Å². The van der Waals surface area contributed by atoms with E-state index in [0.717, 1.165) is 36.6 Å². The van der Waals surface area contributed by atoms with Crippen LogP contribution in [0.4, 0.5) is 11.7 Å². The van der Waals surface area contributed by atoms with Crippen LogP contribution in [-0.2, 0) is 0 Å². The smallest absolute Gasteiger partial charge is 0.320 e. The number of benzene rings is 1. The van der Waals surface area contributed by atoms with Crippen LogP contribution in [0.5, 0.6) is 0 Å². The van der Waals surface area contributed by atoms with Crippen molar-refractivity contribution < 1.29 is 9.21 Å². The fraction of sp³-hybridized carbons (Fsp3) is 0.333. The number of aromatic nitrogens is 2. The largest absolute Gasteiger partial charge is 0.402 e. The van der Waals surface area contributed by atoms with E-state index in [2.05, 4.69) is 45.6 Å². The standard InChI is InChI=1S/C21H24N6O2S/c1-3-27(4-2)11-5-10-23-19(28)16-6-8-17(9-7-16)24-21-26-25-20(29-21)18-12-15(13-22)14-30-18/h6-9,12,14H,3-5,10-11H2,1-2H3,(H,23,28)(H,24,26). The monoisotopic (exact) mass is 424 g/mol. The van der Waals surface area contributed by atoms with Crippen LogP contribution in [0.25, 0.3) is 10.8 Å². The molecule has 8 nitrogen and oxygen atoms in total. The van der Waals surface area contributed by atoms with Crippen LogP contribution in [0, 0.1) is 11.3 Å². The van der Waals surface area contributed by atoms with Crippen molar-refractivity contribution in [1.82, 2.24) is 20.4 Å². The zero-order chi connectivity index (χ0) is 21.3. The number of nitrogens with one attached hydrogen (secondary N) is 2. The molecule has 156 valence electrons. The van der Waals surface area contributed by atoms with Gasteiger partial charge >= 0.3 is 6.01 Å². The van der Waals surface area contributed by atoms with Gasteiger partial charge in [0.1, 0.15) is 6.07 Å². The van der Waals surface area contributed by atoms with E-state index in [1.807, 2.05) is 0 Å². The Bertz CT molecular complexity index is 1000. The van der Waals surface area contributed by atoms with E-state index < -0.39 is 0 Å². The van der Waals surface area contributed by atoms with Crippen molar-refractivity contribution in [2.24, 2.45) is 0 Å².